The minimum atomic E-state index is -0.538. The Balaban J connectivity index is 1.62. The molecule has 32 heavy (non-hydrogen) atoms. The van der Waals surface area contributed by atoms with Gasteiger partial charge in [0.25, 0.3) is 5.56 Å². The van der Waals surface area contributed by atoms with Gasteiger partial charge < -0.3 is 14.5 Å². The van der Waals surface area contributed by atoms with Crippen LogP contribution in [0.1, 0.15) is 23.7 Å². The van der Waals surface area contributed by atoms with E-state index in [4.69, 9.17) is 9.15 Å². The Morgan fingerprint density at radius 3 is 2.69 bits per heavy atom. The van der Waals surface area contributed by atoms with Crippen LogP contribution in [0, 0.1) is 0 Å². The summed E-state index contributed by atoms with van der Waals surface area (Å²) >= 11 is 1.16. The first-order chi connectivity index (χ1) is 15.5. The summed E-state index contributed by atoms with van der Waals surface area (Å²) in [5, 5.41) is 3.92. The van der Waals surface area contributed by atoms with Crippen LogP contribution in [0.25, 0.3) is 22.1 Å². The van der Waals surface area contributed by atoms with Crippen LogP contribution in [0.4, 0.5) is 5.69 Å². The van der Waals surface area contributed by atoms with E-state index >= 15 is 0 Å². The summed E-state index contributed by atoms with van der Waals surface area (Å²) in [6, 6.07) is 13.9. The Labute approximate surface area is 187 Å². The molecule has 2 aromatic carbocycles. The van der Waals surface area contributed by atoms with Gasteiger partial charge in [-0.25, -0.2) is 9.78 Å². The number of aromatic nitrogens is 2. The summed E-state index contributed by atoms with van der Waals surface area (Å²) < 4.78 is 12.0. The number of hydrogen-bond acceptors (Lipinski definition) is 7. The van der Waals surface area contributed by atoms with Crippen molar-refractivity contribution in [1.82, 2.24) is 9.55 Å². The van der Waals surface area contributed by atoms with E-state index in [-0.39, 0.29) is 28.4 Å². The molecule has 4 rings (SSSR count). The van der Waals surface area contributed by atoms with Crippen molar-refractivity contribution in [3.05, 3.63) is 64.4 Å². The minimum absolute atomic E-state index is 0.00690. The van der Waals surface area contributed by atoms with E-state index < -0.39 is 5.97 Å². The second-order valence-corrected chi connectivity index (χ2v) is 7.94. The number of amides is 1. The van der Waals surface area contributed by atoms with Gasteiger partial charge in [0.15, 0.2) is 5.16 Å². The number of carbonyl (C=O) groups excluding carboxylic acids is 2. The molecule has 0 saturated carbocycles. The molecule has 0 unspecified atom stereocenters. The number of carbonyl (C=O) groups is 2. The lowest BCUT2D eigenvalue weighted by Gasteiger charge is -2.12. The van der Waals surface area contributed by atoms with Gasteiger partial charge in [0.1, 0.15) is 11.1 Å². The van der Waals surface area contributed by atoms with Gasteiger partial charge in [-0.2, -0.15) is 0 Å². The van der Waals surface area contributed by atoms with Crippen molar-refractivity contribution < 1.29 is 18.7 Å². The summed E-state index contributed by atoms with van der Waals surface area (Å²) in [5.41, 5.74) is 1.64. The number of para-hydroxylation sites is 2. The van der Waals surface area contributed by atoms with Crippen LogP contribution < -0.4 is 10.9 Å². The van der Waals surface area contributed by atoms with E-state index in [9.17, 15) is 14.4 Å². The van der Waals surface area contributed by atoms with Gasteiger partial charge in [0, 0.05) is 11.9 Å². The van der Waals surface area contributed by atoms with E-state index in [0.717, 1.165) is 23.6 Å². The van der Waals surface area contributed by atoms with E-state index in [0.29, 0.717) is 28.5 Å². The molecular weight excluding hydrogens is 430 g/mol. The number of rotatable bonds is 7. The number of thioether (sulfide) groups is 1. The SMILES string of the molecule is CCCn1c(SCC(=O)Nc2ccccc2C(=O)OC)nc2c(oc3ccccc32)c1=O. The van der Waals surface area contributed by atoms with Gasteiger partial charge in [-0.3, -0.25) is 14.2 Å². The van der Waals surface area contributed by atoms with Crippen molar-refractivity contribution >= 4 is 51.4 Å². The van der Waals surface area contributed by atoms with Gasteiger partial charge >= 0.3 is 5.97 Å². The maximum absolute atomic E-state index is 13.1. The number of ether oxygens (including phenoxy) is 1. The Morgan fingerprint density at radius 2 is 1.91 bits per heavy atom. The normalized spacial score (nSPS) is 11.1. The molecule has 2 heterocycles. The average Bonchev–Trinajstić information content (AvgIpc) is 3.18. The Kier molecular flexibility index (Phi) is 6.27. The molecule has 164 valence electrons. The fraction of sp³-hybridized carbons (Fsp3) is 0.217. The van der Waals surface area contributed by atoms with Crippen molar-refractivity contribution in [3.8, 4) is 0 Å². The van der Waals surface area contributed by atoms with Crippen LogP contribution in [-0.2, 0) is 16.1 Å². The Hall–Kier alpha value is -3.59. The minimum Gasteiger partial charge on any atom is -0.465 e. The number of nitrogens with one attached hydrogen (secondary N) is 1. The summed E-state index contributed by atoms with van der Waals surface area (Å²) in [6.07, 6.45) is 0.722. The number of anilines is 1. The largest absolute Gasteiger partial charge is 0.465 e. The summed E-state index contributed by atoms with van der Waals surface area (Å²) in [5.74, 6) is -0.863. The number of furan rings is 1. The number of benzene rings is 2. The zero-order valence-corrected chi connectivity index (χ0v) is 18.4. The predicted octanol–water partition coefficient (Wildman–Crippen LogP) is 4.07. The highest BCUT2D eigenvalue weighted by molar-refractivity contribution is 7.99. The van der Waals surface area contributed by atoms with Crippen LogP contribution in [-0.4, -0.2) is 34.3 Å². The molecule has 4 aromatic rings. The number of fused-ring (bicyclic) bond motifs is 3. The molecule has 8 nitrogen and oxygen atoms in total. The topological polar surface area (TPSA) is 103 Å². The molecule has 0 radical (unpaired) electrons. The van der Waals surface area contributed by atoms with Gasteiger partial charge in [0.05, 0.1) is 24.1 Å². The van der Waals surface area contributed by atoms with Gasteiger partial charge in [-0.05, 0) is 30.7 Å². The smallest absolute Gasteiger partial charge is 0.339 e. The quantitative estimate of drug-likeness (QED) is 0.257. The number of methoxy groups -OCH3 is 1. The highest BCUT2D eigenvalue weighted by atomic mass is 32.2. The first-order valence-corrected chi connectivity index (χ1v) is 11.0. The van der Waals surface area contributed by atoms with Gasteiger partial charge in [0.2, 0.25) is 11.5 Å². The van der Waals surface area contributed by atoms with Crippen LogP contribution in [0.2, 0.25) is 0 Å². The molecule has 0 saturated heterocycles. The van der Waals surface area contributed by atoms with Crippen LogP contribution in [0.5, 0.6) is 0 Å². The molecule has 0 aliphatic heterocycles. The highest BCUT2D eigenvalue weighted by Gasteiger charge is 2.19. The van der Waals surface area contributed by atoms with Crippen LogP contribution >= 0.6 is 11.8 Å². The van der Waals surface area contributed by atoms with Crippen molar-refractivity contribution in [2.75, 3.05) is 18.2 Å². The average molecular weight is 452 g/mol. The zero-order valence-electron chi connectivity index (χ0n) is 17.6. The first-order valence-electron chi connectivity index (χ1n) is 10.1. The molecule has 1 amide bonds. The number of nitrogens with zero attached hydrogens (tertiary/aromatic N) is 2. The second kappa shape index (κ2) is 9.27. The monoisotopic (exact) mass is 451 g/mol. The predicted molar refractivity (Wildman–Crippen MR) is 123 cm³/mol. The van der Waals surface area contributed by atoms with E-state index in [1.165, 1.54) is 11.7 Å². The maximum atomic E-state index is 13.1. The molecule has 0 fully saturated rings. The molecule has 0 bridgehead atoms. The molecule has 0 aliphatic rings. The fourth-order valence-electron chi connectivity index (χ4n) is 3.38. The van der Waals surface area contributed by atoms with Gasteiger partial charge in [-0.15, -0.1) is 0 Å². The zero-order chi connectivity index (χ0) is 22.7. The molecule has 9 heteroatoms. The molecule has 2 aromatic heterocycles. The first kappa shape index (κ1) is 21.6. The second-order valence-electron chi connectivity index (χ2n) is 7.00. The van der Waals surface area contributed by atoms with E-state index in [1.54, 1.807) is 30.3 Å². The lowest BCUT2D eigenvalue weighted by Crippen LogP contribution is -2.24. The van der Waals surface area contributed by atoms with E-state index in [1.807, 2.05) is 25.1 Å². The Morgan fingerprint density at radius 1 is 1.16 bits per heavy atom. The summed E-state index contributed by atoms with van der Waals surface area (Å²) in [6.45, 7) is 2.41. The molecule has 1 N–H and O–H groups in total. The maximum Gasteiger partial charge on any atom is 0.339 e. The van der Waals surface area contributed by atoms with Crippen LogP contribution in [0.3, 0.4) is 0 Å². The number of hydrogen-bond donors (Lipinski definition) is 1. The fourth-order valence-corrected chi connectivity index (χ4v) is 4.20. The summed E-state index contributed by atoms with van der Waals surface area (Å²) in [4.78, 5) is 42.3. The third-order valence-corrected chi connectivity index (χ3v) is 5.81. The van der Waals surface area contributed by atoms with Crippen LogP contribution in [0.15, 0.2) is 62.9 Å². The highest BCUT2D eigenvalue weighted by Crippen LogP contribution is 2.27. The lowest BCUT2D eigenvalue weighted by atomic mass is 10.2. The third-order valence-electron chi connectivity index (χ3n) is 4.83. The third kappa shape index (κ3) is 4.11. The molecule has 0 spiro atoms. The molecule has 0 atom stereocenters. The van der Waals surface area contributed by atoms with Crippen molar-refractivity contribution in [2.45, 2.75) is 25.0 Å². The number of esters is 1. The van der Waals surface area contributed by atoms with Gasteiger partial charge in [-0.1, -0.05) is 43.0 Å². The van der Waals surface area contributed by atoms with E-state index in [2.05, 4.69) is 10.3 Å². The molecule has 0 aliphatic carbocycles. The van der Waals surface area contributed by atoms with Crippen molar-refractivity contribution in [1.29, 1.82) is 0 Å². The Bertz CT molecular complexity index is 1380. The van der Waals surface area contributed by atoms with Crippen molar-refractivity contribution in [2.24, 2.45) is 0 Å². The lowest BCUT2D eigenvalue weighted by molar-refractivity contribution is -0.113. The summed E-state index contributed by atoms with van der Waals surface area (Å²) in [7, 11) is 1.28. The molecular formula is C23H21N3O5S. The standard InChI is InChI=1S/C23H21N3O5S/c1-3-12-26-21(28)20-19(15-9-5-7-11-17(15)31-20)25-23(26)32-13-18(27)24-16-10-6-4-8-14(16)22(29)30-2/h4-11H,3,12-13H2,1-2H3,(H,24,27). The van der Waals surface area contributed by atoms with Crippen molar-refractivity contribution in [3.63, 3.8) is 0 Å².